The van der Waals surface area contributed by atoms with Crippen LogP contribution in [0.5, 0.6) is 5.75 Å². The average Bonchev–Trinajstić information content (AvgIpc) is 3.50. The number of ether oxygens (including phenoxy) is 1. The van der Waals surface area contributed by atoms with Crippen molar-refractivity contribution < 1.29 is 13.2 Å². The molecule has 0 unspecified atom stereocenters. The van der Waals surface area contributed by atoms with Crippen molar-refractivity contribution in [3.05, 3.63) is 60.6 Å². The van der Waals surface area contributed by atoms with Gasteiger partial charge in [0.1, 0.15) is 11.6 Å². The van der Waals surface area contributed by atoms with Crippen LogP contribution in [0.3, 0.4) is 0 Å². The van der Waals surface area contributed by atoms with Gasteiger partial charge in [0.25, 0.3) is 0 Å². The molecule has 0 saturated heterocycles. The first-order valence-electron chi connectivity index (χ1n) is 11.0. The normalized spacial score (nSPS) is 11.5. The van der Waals surface area contributed by atoms with Gasteiger partial charge in [0.15, 0.2) is 5.13 Å². The van der Waals surface area contributed by atoms with E-state index in [1.165, 1.54) is 23.5 Å². The van der Waals surface area contributed by atoms with Crippen LogP contribution in [-0.2, 0) is 16.6 Å². The van der Waals surface area contributed by atoms with E-state index in [9.17, 15) is 8.42 Å². The molecule has 0 atom stereocenters. The molecule has 0 fully saturated rings. The molecule has 35 heavy (non-hydrogen) atoms. The summed E-state index contributed by atoms with van der Waals surface area (Å²) >= 11 is 1.39. The van der Waals surface area contributed by atoms with Crippen LogP contribution in [-0.4, -0.2) is 40.6 Å². The molecule has 12 heteroatoms. The fraction of sp³-hybridized carbons (Fsp3) is 0.261. The van der Waals surface area contributed by atoms with Crippen molar-refractivity contribution in [3.8, 4) is 17.0 Å². The van der Waals surface area contributed by atoms with Crippen LogP contribution < -0.4 is 20.5 Å². The Labute approximate surface area is 208 Å². The average molecular weight is 514 g/mol. The predicted molar refractivity (Wildman–Crippen MR) is 138 cm³/mol. The van der Waals surface area contributed by atoms with Gasteiger partial charge in [0.2, 0.25) is 10.0 Å². The third-order valence-electron chi connectivity index (χ3n) is 4.91. The SMILES string of the molecule is CC(C)Oc1ccc(S(N)(=O)=O)cc1Nc1nc(-c2ccc(NCCCn3ccnc3)nc2)cs1. The number of thiazole rings is 1. The van der Waals surface area contributed by atoms with Crippen LogP contribution in [0.25, 0.3) is 11.3 Å². The van der Waals surface area contributed by atoms with Crippen molar-refractivity contribution in [2.75, 3.05) is 17.2 Å². The van der Waals surface area contributed by atoms with Crippen molar-refractivity contribution in [1.29, 1.82) is 0 Å². The Balaban J connectivity index is 1.41. The highest BCUT2D eigenvalue weighted by molar-refractivity contribution is 7.89. The molecule has 3 aromatic heterocycles. The largest absolute Gasteiger partial charge is 0.489 e. The van der Waals surface area contributed by atoms with Gasteiger partial charge in [-0.3, -0.25) is 0 Å². The van der Waals surface area contributed by atoms with Gasteiger partial charge in [-0.15, -0.1) is 11.3 Å². The van der Waals surface area contributed by atoms with Crippen LogP contribution >= 0.6 is 11.3 Å². The standard InChI is InChI=1S/C23H27N7O3S2/c1-16(2)33-21-6-5-18(35(24,31)32)12-19(21)28-23-29-20(14-34-23)17-4-7-22(27-13-17)26-8-3-10-30-11-9-25-15-30/h4-7,9,11-16H,3,8,10H2,1-2H3,(H,26,27)(H,28,29)(H2,24,31,32). The van der Waals surface area contributed by atoms with Crippen molar-refractivity contribution >= 4 is 38.0 Å². The van der Waals surface area contributed by atoms with Crippen molar-refractivity contribution in [2.45, 2.75) is 37.8 Å². The quantitative estimate of drug-likeness (QED) is 0.255. The van der Waals surface area contributed by atoms with Gasteiger partial charge in [-0.25, -0.2) is 28.5 Å². The first-order chi connectivity index (χ1) is 16.8. The van der Waals surface area contributed by atoms with Gasteiger partial charge in [-0.05, 0) is 50.6 Å². The lowest BCUT2D eigenvalue weighted by atomic mass is 10.2. The lowest BCUT2D eigenvalue weighted by Gasteiger charge is -2.15. The molecule has 4 aromatic rings. The summed E-state index contributed by atoms with van der Waals surface area (Å²) in [4.78, 5) is 13.1. The second-order valence-corrected chi connectivity index (χ2v) is 10.5. The van der Waals surface area contributed by atoms with Crippen LogP contribution in [0.2, 0.25) is 0 Å². The Morgan fingerprint density at radius 2 is 2.09 bits per heavy atom. The maximum Gasteiger partial charge on any atom is 0.238 e. The second-order valence-electron chi connectivity index (χ2n) is 8.05. The number of nitrogens with one attached hydrogen (secondary N) is 2. The molecule has 10 nitrogen and oxygen atoms in total. The summed E-state index contributed by atoms with van der Waals surface area (Å²) < 4.78 is 31.5. The van der Waals surface area contributed by atoms with E-state index in [1.807, 2.05) is 42.1 Å². The molecule has 0 aliphatic heterocycles. The number of primary sulfonamides is 1. The molecule has 1 aromatic carbocycles. The van der Waals surface area contributed by atoms with Gasteiger partial charge < -0.3 is 19.9 Å². The third-order valence-corrected chi connectivity index (χ3v) is 6.57. The zero-order chi connectivity index (χ0) is 24.8. The Hall–Kier alpha value is -3.48. The molecule has 0 saturated carbocycles. The van der Waals surface area contributed by atoms with Crippen LogP contribution in [0.1, 0.15) is 20.3 Å². The number of aryl methyl sites for hydroxylation is 1. The van der Waals surface area contributed by atoms with Gasteiger partial charge in [-0.1, -0.05) is 0 Å². The molecular weight excluding hydrogens is 486 g/mol. The topological polar surface area (TPSA) is 137 Å². The number of rotatable bonds is 11. The van der Waals surface area contributed by atoms with Crippen LogP contribution in [0.4, 0.5) is 16.6 Å². The summed E-state index contributed by atoms with van der Waals surface area (Å²) in [5.41, 5.74) is 2.10. The van der Waals surface area contributed by atoms with Gasteiger partial charge in [0, 0.05) is 42.6 Å². The first kappa shape index (κ1) is 24.6. The summed E-state index contributed by atoms with van der Waals surface area (Å²) in [7, 11) is -3.86. The van der Waals surface area contributed by atoms with Crippen LogP contribution in [0.15, 0.2) is 65.5 Å². The molecule has 0 bridgehead atoms. The van der Waals surface area contributed by atoms with Gasteiger partial charge in [0.05, 0.1) is 28.7 Å². The number of hydrogen-bond acceptors (Lipinski definition) is 9. The predicted octanol–water partition coefficient (Wildman–Crippen LogP) is 4.08. The maximum atomic E-state index is 11.8. The van der Waals surface area contributed by atoms with E-state index in [0.29, 0.717) is 16.6 Å². The first-order valence-corrected chi connectivity index (χ1v) is 13.4. The Kier molecular flexibility index (Phi) is 7.63. The number of anilines is 3. The maximum absolute atomic E-state index is 11.8. The number of imidazole rings is 1. The molecule has 0 amide bonds. The number of hydrogen-bond donors (Lipinski definition) is 3. The summed E-state index contributed by atoms with van der Waals surface area (Å²) in [5.74, 6) is 1.30. The Morgan fingerprint density at radius 3 is 2.77 bits per heavy atom. The summed E-state index contributed by atoms with van der Waals surface area (Å²) in [6, 6.07) is 8.33. The third kappa shape index (κ3) is 6.78. The number of aromatic nitrogens is 4. The molecule has 4 rings (SSSR count). The molecule has 0 aliphatic rings. The summed E-state index contributed by atoms with van der Waals surface area (Å²) in [5, 5.41) is 14.3. The minimum absolute atomic E-state index is 0.00907. The fourth-order valence-corrected chi connectivity index (χ4v) is 4.54. The Bertz CT molecular complexity index is 1350. The molecule has 3 heterocycles. The Morgan fingerprint density at radius 1 is 1.23 bits per heavy atom. The van der Waals surface area contributed by atoms with E-state index in [2.05, 4.69) is 25.6 Å². The van der Waals surface area contributed by atoms with E-state index in [-0.39, 0.29) is 11.0 Å². The number of sulfonamides is 1. The minimum atomic E-state index is -3.86. The van der Waals surface area contributed by atoms with Crippen molar-refractivity contribution in [2.24, 2.45) is 5.14 Å². The number of pyridine rings is 1. The highest BCUT2D eigenvalue weighted by atomic mass is 32.2. The summed E-state index contributed by atoms with van der Waals surface area (Å²) in [6.07, 6.45) is 8.15. The van der Waals surface area contributed by atoms with Gasteiger partial charge >= 0.3 is 0 Å². The minimum Gasteiger partial charge on any atom is -0.489 e. The zero-order valence-electron chi connectivity index (χ0n) is 19.4. The van der Waals surface area contributed by atoms with E-state index in [0.717, 1.165) is 36.6 Å². The monoisotopic (exact) mass is 513 g/mol. The second kappa shape index (κ2) is 10.8. The van der Waals surface area contributed by atoms with Crippen LogP contribution in [0, 0.1) is 0 Å². The molecule has 0 radical (unpaired) electrons. The molecule has 0 spiro atoms. The van der Waals surface area contributed by atoms with Gasteiger partial charge in [-0.2, -0.15) is 0 Å². The lowest BCUT2D eigenvalue weighted by Crippen LogP contribution is -2.13. The molecular formula is C23H27N7O3S2. The molecule has 0 aliphatic carbocycles. The summed E-state index contributed by atoms with van der Waals surface area (Å²) in [6.45, 7) is 5.48. The molecule has 4 N–H and O–H groups in total. The van der Waals surface area contributed by atoms with E-state index < -0.39 is 10.0 Å². The highest BCUT2D eigenvalue weighted by Crippen LogP contribution is 2.33. The van der Waals surface area contributed by atoms with E-state index in [4.69, 9.17) is 9.88 Å². The van der Waals surface area contributed by atoms with E-state index >= 15 is 0 Å². The highest BCUT2D eigenvalue weighted by Gasteiger charge is 2.15. The lowest BCUT2D eigenvalue weighted by molar-refractivity contribution is 0.243. The number of nitrogens with zero attached hydrogens (tertiary/aromatic N) is 4. The zero-order valence-corrected chi connectivity index (χ0v) is 21.0. The fourth-order valence-electron chi connectivity index (χ4n) is 3.27. The number of benzene rings is 1. The van der Waals surface area contributed by atoms with Crippen molar-refractivity contribution in [1.82, 2.24) is 19.5 Å². The molecule has 184 valence electrons. The van der Waals surface area contributed by atoms with E-state index in [1.54, 1.807) is 24.8 Å². The smallest absolute Gasteiger partial charge is 0.238 e. The van der Waals surface area contributed by atoms with Crippen molar-refractivity contribution in [3.63, 3.8) is 0 Å². The number of nitrogens with two attached hydrogens (primary N) is 1.